The van der Waals surface area contributed by atoms with Crippen LogP contribution in [-0.2, 0) is 0 Å². The fourth-order valence-corrected chi connectivity index (χ4v) is 2.03. The second-order valence-electron chi connectivity index (χ2n) is 4.30. The maximum atomic E-state index is 11.5. The van der Waals surface area contributed by atoms with E-state index in [0.717, 1.165) is 0 Å². The van der Waals surface area contributed by atoms with E-state index in [4.69, 9.17) is 16.2 Å². The molecule has 22 heavy (non-hydrogen) atoms. The largest absolute Gasteiger partial charge is 0.480 e. The summed E-state index contributed by atoms with van der Waals surface area (Å²) >= 11 is 0. The van der Waals surface area contributed by atoms with E-state index in [1.165, 1.54) is 13.2 Å². The number of hydrogen-bond donors (Lipinski definition) is 2. The molecule has 1 aromatic heterocycles. The Morgan fingerprint density at radius 1 is 1.32 bits per heavy atom. The molecule has 0 saturated carbocycles. The number of allylic oxidation sites excluding steroid dienone is 1. The molecule has 0 unspecified atom stereocenters. The van der Waals surface area contributed by atoms with E-state index in [1.54, 1.807) is 13.0 Å². The minimum Gasteiger partial charge on any atom is -0.480 e. The maximum absolute atomic E-state index is 11.5. The van der Waals surface area contributed by atoms with Crippen LogP contribution in [0.4, 0.5) is 5.69 Å². The molecule has 1 heterocycles. The molecule has 6 nitrogen and oxygen atoms in total. The lowest BCUT2D eigenvalue weighted by molar-refractivity contribution is 0.100. The number of carbonyl (C=O) groups excluding carboxylic acids is 1. The smallest absolute Gasteiger partial charge is 0.250 e. The molecule has 0 aliphatic rings. The zero-order chi connectivity index (χ0) is 16.9. The van der Waals surface area contributed by atoms with Crippen molar-refractivity contribution in [2.24, 2.45) is 5.73 Å². The van der Waals surface area contributed by atoms with E-state index in [-0.39, 0.29) is 5.56 Å². The first-order valence-corrected chi connectivity index (χ1v) is 7.06. The highest BCUT2D eigenvalue weighted by Gasteiger charge is 2.16. The molecular formula is C16H22N4O2. The van der Waals surface area contributed by atoms with Crippen LogP contribution < -0.4 is 16.2 Å². The van der Waals surface area contributed by atoms with E-state index < -0.39 is 5.91 Å². The van der Waals surface area contributed by atoms with Crippen molar-refractivity contribution >= 4 is 28.7 Å². The van der Waals surface area contributed by atoms with Crippen LogP contribution in [0.15, 0.2) is 12.1 Å². The van der Waals surface area contributed by atoms with E-state index in [1.807, 2.05) is 26.8 Å². The molecule has 0 spiro atoms. The van der Waals surface area contributed by atoms with Gasteiger partial charge in [-0.2, -0.15) is 0 Å². The minimum atomic E-state index is -0.600. The van der Waals surface area contributed by atoms with Gasteiger partial charge in [-0.05, 0) is 19.9 Å². The van der Waals surface area contributed by atoms with Gasteiger partial charge >= 0.3 is 0 Å². The predicted molar refractivity (Wildman–Crippen MR) is 89.8 cm³/mol. The monoisotopic (exact) mass is 302 g/mol. The summed E-state index contributed by atoms with van der Waals surface area (Å²) in [5.41, 5.74) is 14.3. The molecule has 2 rings (SSSR count). The highest BCUT2D eigenvalue weighted by Crippen LogP contribution is 2.29. The van der Waals surface area contributed by atoms with Gasteiger partial charge in [0, 0.05) is 5.56 Å². The van der Waals surface area contributed by atoms with E-state index in [0.29, 0.717) is 33.9 Å². The predicted octanol–water partition coefficient (Wildman–Crippen LogP) is 2.69. The molecule has 1 amide bonds. The maximum Gasteiger partial charge on any atom is 0.250 e. The molecule has 118 valence electrons. The highest BCUT2D eigenvalue weighted by molar-refractivity contribution is 6.05. The molecule has 0 aliphatic carbocycles. The van der Waals surface area contributed by atoms with Crippen molar-refractivity contribution in [1.29, 1.82) is 0 Å². The van der Waals surface area contributed by atoms with Gasteiger partial charge in [0.25, 0.3) is 5.91 Å². The number of aryl methyl sites for hydroxylation is 1. The fraction of sp³-hybridized carbons (Fsp3) is 0.312. The average molecular weight is 302 g/mol. The van der Waals surface area contributed by atoms with Crippen molar-refractivity contribution in [2.75, 3.05) is 12.8 Å². The van der Waals surface area contributed by atoms with Gasteiger partial charge in [0.2, 0.25) is 5.88 Å². The average Bonchev–Trinajstić information content (AvgIpc) is 2.51. The van der Waals surface area contributed by atoms with Gasteiger partial charge in [-0.3, -0.25) is 4.79 Å². The lowest BCUT2D eigenvalue weighted by Gasteiger charge is -2.11. The van der Waals surface area contributed by atoms with Crippen LogP contribution in [0, 0.1) is 6.92 Å². The van der Waals surface area contributed by atoms with Gasteiger partial charge in [-0.15, -0.1) is 0 Å². The van der Waals surface area contributed by atoms with E-state index in [9.17, 15) is 4.79 Å². The SMILES string of the molecule is C/C=C/c1c(N)c(C(N)=O)cc2nc(OC)c(C)nc12.CC. The second kappa shape index (κ2) is 7.40. The Labute approximate surface area is 130 Å². The summed E-state index contributed by atoms with van der Waals surface area (Å²) in [5, 5.41) is 0. The Morgan fingerprint density at radius 2 is 1.95 bits per heavy atom. The van der Waals surface area contributed by atoms with Crippen LogP contribution in [0.1, 0.15) is 42.4 Å². The van der Waals surface area contributed by atoms with Crippen LogP contribution >= 0.6 is 0 Å². The number of anilines is 1. The number of fused-ring (bicyclic) bond motifs is 1. The number of amides is 1. The van der Waals surface area contributed by atoms with Crippen molar-refractivity contribution in [3.63, 3.8) is 0 Å². The number of benzene rings is 1. The number of carbonyl (C=O) groups is 1. The van der Waals surface area contributed by atoms with Gasteiger partial charge < -0.3 is 16.2 Å². The minimum absolute atomic E-state index is 0.228. The number of primary amides is 1. The van der Waals surface area contributed by atoms with Crippen LogP contribution in [0.5, 0.6) is 5.88 Å². The van der Waals surface area contributed by atoms with Crippen molar-refractivity contribution in [2.45, 2.75) is 27.7 Å². The molecule has 0 atom stereocenters. The third kappa shape index (κ3) is 3.16. The number of hydrogen-bond acceptors (Lipinski definition) is 5. The standard InChI is InChI=1S/C14H16N4O2.C2H6/c1-4-5-8-11(15)9(13(16)19)6-10-12(8)17-7(2)14(18-10)20-3;1-2/h4-6H,15H2,1-3H3,(H2,16,19);1-2H3/b5-4+;. The molecule has 6 heteroatoms. The van der Waals surface area contributed by atoms with Crippen LogP contribution in [0.2, 0.25) is 0 Å². The Balaban J connectivity index is 0.00000116. The van der Waals surface area contributed by atoms with Crippen LogP contribution in [0.25, 0.3) is 17.1 Å². The first-order chi connectivity index (χ1) is 10.5. The Kier molecular flexibility index (Phi) is 5.86. The fourth-order valence-electron chi connectivity index (χ4n) is 2.03. The molecule has 2 aromatic rings. The molecule has 0 fully saturated rings. The lowest BCUT2D eigenvalue weighted by Crippen LogP contribution is -2.15. The molecule has 1 aromatic carbocycles. The molecule has 4 N–H and O–H groups in total. The highest BCUT2D eigenvalue weighted by atomic mass is 16.5. The summed E-state index contributed by atoms with van der Waals surface area (Å²) in [6.45, 7) is 7.65. The molecule has 0 aliphatic heterocycles. The topological polar surface area (TPSA) is 104 Å². The van der Waals surface area contributed by atoms with Gasteiger partial charge in [-0.1, -0.05) is 26.0 Å². The number of nitrogen functional groups attached to an aromatic ring is 1. The number of methoxy groups -OCH3 is 1. The second-order valence-corrected chi connectivity index (χ2v) is 4.30. The number of rotatable bonds is 3. The van der Waals surface area contributed by atoms with Crippen LogP contribution in [0.3, 0.4) is 0 Å². The van der Waals surface area contributed by atoms with E-state index >= 15 is 0 Å². The van der Waals surface area contributed by atoms with Crippen molar-refractivity contribution in [3.8, 4) is 5.88 Å². The van der Waals surface area contributed by atoms with Gasteiger partial charge in [-0.25, -0.2) is 9.97 Å². The van der Waals surface area contributed by atoms with Gasteiger partial charge in [0.15, 0.2) is 0 Å². The summed E-state index contributed by atoms with van der Waals surface area (Å²) in [4.78, 5) is 20.3. The molecule has 0 bridgehead atoms. The first-order valence-electron chi connectivity index (χ1n) is 7.06. The Morgan fingerprint density at radius 3 is 2.45 bits per heavy atom. The third-order valence-corrected chi connectivity index (χ3v) is 2.96. The normalized spacial score (nSPS) is 10.4. The summed E-state index contributed by atoms with van der Waals surface area (Å²) < 4.78 is 5.14. The van der Waals surface area contributed by atoms with E-state index in [2.05, 4.69) is 9.97 Å². The Bertz CT molecular complexity index is 724. The number of aromatic nitrogens is 2. The third-order valence-electron chi connectivity index (χ3n) is 2.96. The number of ether oxygens (including phenoxy) is 1. The van der Waals surface area contributed by atoms with Crippen LogP contribution in [-0.4, -0.2) is 23.0 Å². The first kappa shape index (κ1) is 17.4. The molecule has 0 saturated heterocycles. The van der Waals surface area contributed by atoms with Crippen molar-refractivity contribution < 1.29 is 9.53 Å². The van der Waals surface area contributed by atoms with Crippen molar-refractivity contribution in [1.82, 2.24) is 9.97 Å². The zero-order valence-corrected chi connectivity index (χ0v) is 13.6. The zero-order valence-electron chi connectivity index (χ0n) is 13.6. The summed E-state index contributed by atoms with van der Waals surface area (Å²) in [6.07, 6.45) is 3.60. The number of nitrogens with zero attached hydrogens (tertiary/aromatic N) is 2. The Hall–Kier alpha value is -2.63. The molecular weight excluding hydrogens is 280 g/mol. The number of nitrogens with two attached hydrogens (primary N) is 2. The van der Waals surface area contributed by atoms with Gasteiger partial charge in [0.05, 0.1) is 29.4 Å². The lowest BCUT2D eigenvalue weighted by atomic mass is 10.0. The summed E-state index contributed by atoms with van der Waals surface area (Å²) in [7, 11) is 1.52. The summed E-state index contributed by atoms with van der Waals surface area (Å²) in [6, 6.07) is 1.54. The summed E-state index contributed by atoms with van der Waals surface area (Å²) in [5.74, 6) is -0.194. The quantitative estimate of drug-likeness (QED) is 0.848. The molecule has 0 radical (unpaired) electrons. The van der Waals surface area contributed by atoms with Gasteiger partial charge in [0.1, 0.15) is 5.69 Å². The van der Waals surface area contributed by atoms with Crippen molar-refractivity contribution in [3.05, 3.63) is 29.0 Å².